The fourth-order valence-electron chi connectivity index (χ4n) is 2.49. The molecule has 0 atom stereocenters. The van der Waals surface area contributed by atoms with Crippen LogP contribution in [-0.2, 0) is 4.79 Å². The van der Waals surface area contributed by atoms with E-state index in [0.717, 1.165) is 20.9 Å². The van der Waals surface area contributed by atoms with Gasteiger partial charge in [0.1, 0.15) is 11.5 Å². The fourth-order valence-corrected chi connectivity index (χ4v) is 3.47. The van der Waals surface area contributed by atoms with Crippen molar-refractivity contribution in [3.63, 3.8) is 0 Å². The molecule has 0 aliphatic heterocycles. The quantitative estimate of drug-likeness (QED) is 0.308. The first kappa shape index (κ1) is 26.1. The van der Waals surface area contributed by atoms with E-state index in [4.69, 9.17) is 21.7 Å². The molecule has 0 fully saturated rings. The Morgan fingerprint density at radius 2 is 1.66 bits per heavy atom. The Labute approximate surface area is 209 Å². The number of benzene rings is 2. The fraction of sp³-hybridized carbons (Fsp3) is 0.318. The van der Waals surface area contributed by atoms with Gasteiger partial charge in [-0.25, -0.2) is 0 Å². The molecule has 0 aliphatic carbocycles. The number of thiocarbonyl (C=S) groups is 1. The van der Waals surface area contributed by atoms with Crippen molar-refractivity contribution in [2.45, 2.75) is 27.2 Å². The van der Waals surface area contributed by atoms with Gasteiger partial charge < -0.3 is 9.47 Å². The maximum atomic E-state index is 12.7. The summed E-state index contributed by atoms with van der Waals surface area (Å²) in [5, 5.41) is 2.47. The molecule has 2 rings (SSSR count). The van der Waals surface area contributed by atoms with Gasteiger partial charge in [0.2, 0.25) is 0 Å². The highest BCUT2D eigenvalue weighted by Crippen LogP contribution is 2.24. The molecule has 0 heterocycles. The number of hydrogen-bond acceptors (Lipinski definition) is 5. The van der Waals surface area contributed by atoms with Crippen LogP contribution in [0.5, 0.6) is 11.5 Å². The maximum Gasteiger partial charge on any atom is 0.276 e. The Morgan fingerprint density at radius 1 is 1.00 bits per heavy atom. The molecule has 0 aromatic heterocycles. The summed E-state index contributed by atoms with van der Waals surface area (Å²) >= 11 is 11.8. The van der Waals surface area contributed by atoms with Crippen molar-refractivity contribution >= 4 is 61.0 Å². The van der Waals surface area contributed by atoms with Crippen LogP contribution in [0.25, 0.3) is 0 Å². The molecule has 32 heavy (non-hydrogen) atoms. The highest BCUT2D eigenvalue weighted by atomic mass is 79.9. The molecule has 0 unspecified atom stereocenters. The summed E-state index contributed by atoms with van der Waals surface area (Å²) in [5.74, 6) is 0.624. The Morgan fingerprint density at radius 3 is 2.31 bits per heavy atom. The third-order valence-corrected chi connectivity index (χ3v) is 5.37. The summed E-state index contributed by atoms with van der Waals surface area (Å²) in [6.45, 7) is 6.36. The van der Waals surface area contributed by atoms with Crippen molar-refractivity contribution in [3.05, 3.63) is 56.5 Å². The van der Waals surface area contributed by atoms with Gasteiger partial charge in [0.15, 0.2) is 11.7 Å². The first-order valence-electron chi connectivity index (χ1n) is 9.87. The van der Waals surface area contributed by atoms with Crippen LogP contribution >= 0.6 is 44.1 Å². The highest BCUT2D eigenvalue weighted by molar-refractivity contribution is 9.10. The number of ether oxygens (including phenoxy) is 2. The van der Waals surface area contributed by atoms with E-state index in [9.17, 15) is 9.59 Å². The SMILES string of the molecule is Cc1cc(Br)ccc1OCC(=O)NNC(=S)NC(=O)c1cc(Br)ccc1OCCC(C)C. The molecule has 2 amide bonds. The van der Waals surface area contributed by atoms with Gasteiger partial charge in [-0.2, -0.15) is 0 Å². The number of halogens is 2. The molecule has 10 heteroatoms. The second-order valence-corrected chi connectivity index (χ2v) is 9.57. The smallest absolute Gasteiger partial charge is 0.276 e. The van der Waals surface area contributed by atoms with Gasteiger partial charge in [0.05, 0.1) is 12.2 Å². The second-order valence-electron chi connectivity index (χ2n) is 7.33. The molecule has 0 saturated heterocycles. The third-order valence-electron chi connectivity index (χ3n) is 4.18. The molecule has 2 aromatic rings. The number of nitrogens with one attached hydrogen (secondary N) is 3. The monoisotopic (exact) mass is 585 g/mol. The third kappa shape index (κ3) is 8.76. The molecule has 0 saturated carbocycles. The van der Waals surface area contributed by atoms with Crippen molar-refractivity contribution in [3.8, 4) is 11.5 Å². The lowest BCUT2D eigenvalue weighted by Gasteiger charge is -2.15. The minimum Gasteiger partial charge on any atom is -0.493 e. The largest absolute Gasteiger partial charge is 0.493 e. The zero-order valence-electron chi connectivity index (χ0n) is 18.0. The number of hydrazine groups is 1. The number of rotatable bonds is 8. The number of amides is 2. The average molecular weight is 587 g/mol. The number of carbonyl (C=O) groups excluding carboxylic acids is 2. The average Bonchev–Trinajstić information content (AvgIpc) is 2.72. The number of carbonyl (C=O) groups is 2. The first-order chi connectivity index (χ1) is 15.2. The van der Waals surface area contributed by atoms with Gasteiger partial charge >= 0.3 is 0 Å². The van der Waals surface area contributed by atoms with Crippen molar-refractivity contribution in [2.75, 3.05) is 13.2 Å². The van der Waals surface area contributed by atoms with Crippen molar-refractivity contribution in [1.29, 1.82) is 0 Å². The van der Waals surface area contributed by atoms with Gasteiger partial charge in [-0.1, -0.05) is 45.7 Å². The first-order valence-corrected chi connectivity index (χ1v) is 11.9. The zero-order chi connectivity index (χ0) is 23.7. The molecule has 0 bridgehead atoms. The molecule has 2 aromatic carbocycles. The molecule has 0 radical (unpaired) electrons. The topological polar surface area (TPSA) is 88.7 Å². The van der Waals surface area contributed by atoms with E-state index in [1.807, 2.05) is 19.1 Å². The highest BCUT2D eigenvalue weighted by Gasteiger charge is 2.15. The van der Waals surface area contributed by atoms with Gasteiger partial charge in [-0.15, -0.1) is 0 Å². The van der Waals surface area contributed by atoms with Crippen LogP contribution in [-0.4, -0.2) is 30.1 Å². The van der Waals surface area contributed by atoms with Crippen molar-refractivity contribution in [1.82, 2.24) is 16.2 Å². The summed E-state index contributed by atoms with van der Waals surface area (Å²) in [6.07, 6.45) is 0.866. The van der Waals surface area contributed by atoms with E-state index in [2.05, 4.69) is 61.9 Å². The summed E-state index contributed by atoms with van der Waals surface area (Å²) in [5.41, 5.74) is 6.11. The van der Waals surface area contributed by atoms with Crippen LogP contribution in [0.15, 0.2) is 45.3 Å². The molecule has 0 spiro atoms. The second kappa shape index (κ2) is 12.8. The van der Waals surface area contributed by atoms with E-state index in [-0.39, 0.29) is 11.7 Å². The molecule has 0 aliphatic rings. The van der Waals surface area contributed by atoms with Gasteiger partial charge in [-0.05, 0) is 73.4 Å². The number of hydrogen-bond donors (Lipinski definition) is 3. The molecule has 3 N–H and O–H groups in total. The van der Waals surface area contributed by atoms with Crippen molar-refractivity contribution < 1.29 is 19.1 Å². The normalized spacial score (nSPS) is 10.4. The summed E-state index contributed by atoms with van der Waals surface area (Å²) < 4.78 is 12.9. The minimum atomic E-state index is -0.459. The van der Waals surface area contributed by atoms with Gasteiger partial charge in [0, 0.05) is 8.95 Å². The van der Waals surface area contributed by atoms with E-state index in [1.54, 1.807) is 24.3 Å². The van der Waals surface area contributed by atoms with Gasteiger partial charge in [0.25, 0.3) is 11.8 Å². The van der Waals surface area contributed by atoms with Crippen molar-refractivity contribution in [2.24, 2.45) is 5.92 Å². The molecule has 172 valence electrons. The zero-order valence-corrected chi connectivity index (χ0v) is 21.9. The molecular formula is C22H25Br2N3O4S. The van der Waals surface area contributed by atoms with E-state index in [1.165, 1.54) is 0 Å². The Kier molecular flexibility index (Phi) is 10.4. The van der Waals surface area contributed by atoms with Crippen LogP contribution in [0.1, 0.15) is 36.2 Å². The summed E-state index contributed by atoms with van der Waals surface area (Å²) in [7, 11) is 0. The molecular weight excluding hydrogens is 562 g/mol. The minimum absolute atomic E-state index is 0.0590. The predicted octanol–water partition coefficient (Wildman–Crippen LogP) is 4.66. The Balaban J connectivity index is 1.85. The standard InChI is InChI=1S/C22H25Br2N3O4S/c1-13(2)8-9-30-19-7-5-16(24)11-17(19)21(29)25-22(32)27-26-20(28)12-31-18-6-4-15(23)10-14(18)3/h4-7,10-11,13H,8-9,12H2,1-3H3,(H,26,28)(H2,25,27,29,32). The van der Waals surface area contributed by atoms with E-state index < -0.39 is 11.8 Å². The lowest BCUT2D eigenvalue weighted by Crippen LogP contribution is -2.49. The molecule has 7 nitrogen and oxygen atoms in total. The van der Waals surface area contributed by atoms with Crippen LogP contribution in [0.4, 0.5) is 0 Å². The Bertz CT molecular complexity index is 986. The van der Waals surface area contributed by atoms with Crippen LogP contribution in [0.3, 0.4) is 0 Å². The van der Waals surface area contributed by atoms with E-state index in [0.29, 0.717) is 29.6 Å². The van der Waals surface area contributed by atoms with Crippen LogP contribution in [0, 0.1) is 12.8 Å². The maximum absolute atomic E-state index is 12.7. The van der Waals surface area contributed by atoms with Gasteiger partial charge in [-0.3, -0.25) is 25.8 Å². The predicted molar refractivity (Wildman–Crippen MR) is 135 cm³/mol. The van der Waals surface area contributed by atoms with Crippen LogP contribution < -0.4 is 25.6 Å². The lowest BCUT2D eigenvalue weighted by molar-refractivity contribution is -0.123. The van der Waals surface area contributed by atoms with E-state index >= 15 is 0 Å². The lowest BCUT2D eigenvalue weighted by atomic mass is 10.1. The summed E-state index contributed by atoms with van der Waals surface area (Å²) in [6, 6.07) is 10.6. The van der Waals surface area contributed by atoms with Crippen LogP contribution in [0.2, 0.25) is 0 Å². The summed E-state index contributed by atoms with van der Waals surface area (Å²) in [4.78, 5) is 24.7. The Hall–Kier alpha value is -2.17. The number of aryl methyl sites for hydroxylation is 1.